The van der Waals surface area contributed by atoms with Crippen LogP contribution in [0.5, 0.6) is 0 Å². The fraction of sp³-hybridized carbons (Fsp3) is 0.609. The summed E-state index contributed by atoms with van der Waals surface area (Å²) in [5, 5.41) is 0. The zero-order chi connectivity index (χ0) is 20.3. The fourth-order valence-corrected chi connectivity index (χ4v) is 4.62. The molecule has 1 saturated heterocycles. The molecule has 0 saturated carbocycles. The van der Waals surface area contributed by atoms with Crippen LogP contribution >= 0.6 is 11.9 Å². The van der Waals surface area contributed by atoms with E-state index < -0.39 is 0 Å². The van der Waals surface area contributed by atoms with Crippen LogP contribution < -0.4 is 4.31 Å². The first-order chi connectivity index (χ1) is 13.3. The number of aromatic nitrogens is 2. The molecule has 3 rings (SSSR count). The number of benzene rings is 1. The molecule has 5 heteroatoms. The highest BCUT2D eigenvalue weighted by atomic mass is 32.2. The van der Waals surface area contributed by atoms with Gasteiger partial charge in [-0.05, 0) is 74.8 Å². The SMILES string of the molecule is C/C=C(\C)SN(C)c1ccc2c(c1)nc(C(C)(C)C)n2CCN1CCCCC1. The minimum atomic E-state index is 0.0310. The van der Waals surface area contributed by atoms with Crippen molar-refractivity contribution in [1.82, 2.24) is 14.5 Å². The van der Waals surface area contributed by atoms with E-state index in [1.165, 1.54) is 54.3 Å². The van der Waals surface area contributed by atoms with E-state index in [-0.39, 0.29) is 5.41 Å². The fourth-order valence-electron chi connectivity index (χ4n) is 3.86. The Morgan fingerprint density at radius 1 is 1.18 bits per heavy atom. The molecule has 1 aromatic carbocycles. The molecule has 2 heterocycles. The first-order valence-electron chi connectivity index (χ1n) is 10.6. The molecule has 154 valence electrons. The molecule has 0 aliphatic carbocycles. The van der Waals surface area contributed by atoms with Gasteiger partial charge >= 0.3 is 0 Å². The number of imidazole rings is 1. The van der Waals surface area contributed by atoms with E-state index in [4.69, 9.17) is 4.98 Å². The standard InChI is InChI=1S/C23H36N4S/c1-7-18(2)28-25(6)19-11-12-21-20(17-19)24-22(23(3,4)5)27(21)16-15-26-13-9-8-10-14-26/h7,11-12,17H,8-10,13-16H2,1-6H3/b18-7+. The van der Waals surface area contributed by atoms with Gasteiger partial charge in [0.1, 0.15) is 5.82 Å². The van der Waals surface area contributed by atoms with Gasteiger partial charge in [0.15, 0.2) is 0 Å². The topological polar surface area (TPSA) is 24.3 Å². The molecular formula is C23H36N4S. The van der Waals surface area contributed by atoms with Crippen LogP contribution in [0.4, 0.5) is 5.69 Å². The average molecular weight is 401 g/mol. The Labute approximate surface area is 175 Å². The molecule has 1 aromatic heterocycles. The second-order valence-corrected chi connectivity index (χ2v) is 10.3. The quantitative estimate of drug-likeness (QED) is 0.570. The van der Waals surface area contributed by atoms with Crippen LogP contribution in [0.3, 0.4) is 0 Å². The van der Waals surface area contributed by atoms with Gasteiger partial charge in [-0.25, -0.2) is 4.98 Å². The first-order valence-corrected chi connectivity index (χ1v) is 11.3. The lowest BCUT2D eigenvalue weighted by Crippen LogP contribution is -2.33. The summed E-state index contributed by atoms with van der Waals surface area (Å²) in [5.41, 5.74) is 3.59. The molecule has 0 bridgehead atoms. The molecule has 1 fully saturated rings. The largest absolute Gasteiger partial charge is 0.326 e. The highest BCUT2D eigenvalue weighted by Gasteiger charge is 2.24. The highest BCUT2D eigenvalue weighted by Crippen LogP contribution is 2.31. The summed E-state index contributed by atoms with van der Waals surface area (Å²) < 4.78 is 4.68. The van der Waals surface area contributed by atoms with Crippen LogP contribution in [-0.4, -0.2) is 41.1 Å². The van der Waals surface area contributed by atoms with Crippen LogP contribution in [0.1, 0.15) is 59.7 Å². The lowest BCUT2D eigenvalue weighted by atomic mass is 9.95. The average Bonchev–Trinajstić information content (AvgIpc) is 3.05. The number of anilines is 1. The van der Waals surface area contributed by atoms with Gasteiger partial charge in [0.2, 0.25) is 0 Å². The van der Waals surface area contributed by atoms with E-state index >= 15 is 0 Å². The molecule has 2 aromatic rings. The van der Waals surface area contributed by atoms with E-state index in [0.29, 0.717) is 0 Å². The van der Waals surface area contributed by atoms with E-state index in [9.17, 15) is 0 Å². The van der Waals surface area contributed by atoms with E-state index in [2.05, 4.69) is 79.7 Å². The molecule has 28 heavy (non-hydrogen) atoms. The van der Waals surface area contributed by atoms with Gasteiger partial charge in [0, 0.05) is 31.2 Å². The number of hydrogen-bond donors (Lipinski definition) is 0. The summed E-state index contributed by atoms with van der Waals surface area (Å²) in [5.74, 6) is 1.19. The number of piperidine rings is 1. The van der Waals surface area contributed by atoms with Crippen molar-refractivity contribution >= 4 is 28.7 Å². The number of rotatable bonds is 6. The number of allylic oxidation sites excluding steroid dienone is 2. The van der Waals surface area contributed by atoms with Gasteiger partial charge in [-0.3, -0.25) is 0 Å². The van der Waals surface area contributed by atoms with Crippen molar-refractivity contribution in [2.45, 2.75) is 65.8 Å². The van der Waals surface area contributed by atoms with Gasteiger partial charge in [-0.15, -0.1) is 0 Å². The Morgan fingerprint density at radius 2 is 1.89 bits per heavy atom. The summed E-state index contributed by atoms with van der Waals surface area (Å²) in [4.78, 5) is 8.99. The van der Waals surface area contributed by atoms with Crippen molar-refractivity contribution in [3.05, 3.63) is 35.0 Å². The molecule has 1 aliphatic rings. The Bertz CT molecular complexity index is 825. The maximum Gasteiger partial charge on any atom is 0.115 e. The Morgan fingerprint density at radius 3 is 2.54 bits per heavy atom. The van der Waals surface area contributed by atoms with Crippen LogP contribution in [0.2, 0.25) is 0 Å². The molecule has 0 unspecified atom stereocenters. The van der Waals surface area contributed by atoms with Crippen molar-refractivity contribution in [3.8, 4) is 0 Å². The summed E-state index contributed by atoms with van der Waals surface area (Å²) >= 11 is 1.76. The van der Waals surface area contributed by atoms with Crippen molar-refractivity contribution in [2.75, 3.05) is 31.0 Å². The van der Waals surface area contributed by atoms with Gasteiger partial charge in [0.05, 0.1) is 11.0 Å². The molecule has 4 nitrogen and oxygen atoms in total. The van der Waals surface area contributed by atoms with Crippen molar-refractivity contribution in [3.63, 3.8) is 0 Å². The van der Waals surface area contributed by atoms with E-state index in [0.717, 1.165) is 18.6 Å². The zero-order valence-electron chi connectivity index (χ0n) is 18.5. The van der Waals surface area contributed by atoms with E-state index in [1.54, 1.807) is 11.9 Å². The van der Waals surface area contributed by atoms with Crippen molar-refractivity contribution in [1.29, 1.82) is 0 Å². The lowest BCUT2D eigenvalue weighted by Gasteiger charge is -2.28. The van der Waals surface area contributed by atoms with Gasteiger partial charge < -0.3 is 13.8 Å². The third-order valence-electron chi connectivity index (χ3n) is 5.54. The zero-order valence-corrected chi connectivity index (χ0v) is 19.3. The highest BCUT2D eigenvalue weighted by molar-refractivity contribution is 8.04. The Hall–Kier alpha value is -1.46. The van der Waals surface area contributed by atoms with Gasteiger partial charge in [0.25, 0.3) is 0 Å². The van der Waals surface area contributed by atoms with Gasteiger partial charge in [-0.1, -0.05) is 33.3 Å². The maximum absolute atomic E-state index is 5.08. The monoisotopic (exact) mass is 400 g/mol. The molecule has 1 aliphatic heterocycles. The summed E-state index contributed by atoms with van der Waals surface area (Å²) in [6, 6.07) is 6.72. The van der Waals surface area contributed by atoms with Crippen molar-refractivity contribution < 1.29 is 0 Å². The van der Waals surface area contributed by atoms with Crippen LogP contribution in [0, 0.1) is 0 Å². The van der Waals surface area contributed by atoms with Crippen molar-refractivity contribution in [2.24, 2.45) is 0 Å². The molecule has 0 N–H and O–H groups in total. The smallest absolute Gasteiger partial charge is 0.115 e. The number of hydrogen-bond acceptors (Lipinski definition) is 4. The molecule has 0 spiro atoms. The molecule has 0 atom stereocenters. The van der Waals surface area contributed by atoms with Crippen LogP contribution in [0.15, 0.2) is 29.2 Å². The maximum atomic E-state index is 5.08. The minimum Gasteiger partial charge on any atom is -0.326 e. The summed E-state index contributed by atoms with van der Waals surface area (Å²) in [6.07, 6.45) is 6.22. The minimum absolute atomic E-state index is 0.0310. The first kappa shape index (κ1) is 21.3. The number of likely N-dealkylation sites (tertiary alicyclic amines) is 1. The van der Waals surface area contributed by atoms with Crippen LogP contribution in [-0.2, 0) is 12.0 Å². The third kappa shape index (κ3) is 4.93. The molecular weight excluding hydrogens is 364 g/mol. The lowest BCUT2D eigenvalue weighted by molar-refractivity contribution is 0.220. The second kappa shape index (κ2) is 8.91. The normalized spacial score (nSPS) is 16.7. The predicted molar refractivity (Wildman–Crippen MR) is 124 cm³/mol. The van der Waals surface area contributed by atoms with Gasteiger partial charge in [-0.2, -0.15) is 0 Å². The predicted octanol–water partition coefficient (Wildman–Crippen LogP) is 5.83. The van der Waals surface area contributed by atoms with Crippen LogP contribution in [0.25, 0.3) is 11.0 Å². The Kier molecular flexibility index (Phi) is 6.77. The third-order valence-corrected chi connectivity index (χ3v) is 6.55. The van der Waals surface area contributed by atoms with E-state index in [1.807, 2.05) is 0 Å². The second-order valence-electron chi connectivity index (χ2n) is 8.90. The molecule has 0 amide bonds. The summed E-state index contributed by atoms with van der Waals surface area (Å²) in [6.45, 7) is 15.7. The molecule has 0 radical (unpaired) electrons. The summed E-state index contributed by atoms with van der Waals surface area (Å²) in [7, 11) is 2.12. The number of fused-ring (bicyclic) bond motifs is 1. The number of nitrogens with zero attached hydrogens (tertiary/aromatic N) is 4. The Balaban J connectivity index is 1.89.